The van der Waals surface area contributed by atoms with Gasteiger partial charge in [-0.2, -0.15) is 0 Å². The van der Waals surface area contributed by atoms with Gasteiger partial charge in [-0.1, -0.05) is 50.6 Å². The molecular weight excluding hydrogens is 414 g/mol. The summed E-state index contributed by atoms with van der Waals surface area (Å²) in [6.45, 7) is 8.59. The number of H-pyrrole nitrogens is 1. The third-order valence-electron chi connectivity index (χ3n) is 6.02. The number of carbonyl (C=O) groups excluding carboxylic acids is 1. The second kappa shape index (κ2) is 8.96. The van der Waals surface area contributed by atoms with Crippen molar-refractivity contribution in [2.75, 3.05) is 6.26 Å². The van der Waals surface area contributed by atoms with Crippen LogP contribution in [0.25, 0.3) is 17.0 Å². The number of esters is 1. The lowest BCUT2D eigenvalue weighted by Crippen LogP contribution is -2.37. The van der Waals surface area contributed by atoms with Crippen LogP contribution in [0.2, 0.25) is 0 Å². The minimum Gasteiger partial charge on any atom is -0.458 e. The Labute approximate surface area is 186 Å². The van der Waals surface area contributed by atoms with Crippen molar-refractivity contribution in [3.8, 4) is 17.1 Å². The fraction of sp³-hybridized carbons (Fsp3) is 0.478. The standard InChI is InChI=1S/C23H29N3O4S/c1-13-6-8-17(9-7-13)21-24-22-19(18(29-30-31-5)12-26(22)25-21)23(27)28-20-15(3)10-14(2)11-16(20)4/h6-9,12,14-16,20H,10-11H2,1-5H3,(H,24,25). The van der Waals surface area contributed by atoms with Gasteiger partial charge in [0.2, 0.25) is 5.75 Å². The smallest absolute Gasteiger partial charge is 0.346 e. The van der Waals surface area contributed by atoms with E-state index in [2.05, 4.69) is 30.9 Å². The lowest BCUT2D eigenvalue weighted by molar-refractivity contribution is -0.0786. The van der Waals surface area contributed by atoms with Crippen molar-refractivity contribution >= 4 is 23.7 Å². The highest BCUT2D eigenvalue weighted by molar-refractivity contribution is 7.93. The SMILES string of the molecule is CSOOc1cn2[nH]c(-c3ccc(C)cc3)nc2c1C(=O)OC1C(C)CC(C)CC1C. The maximum Gasteiger partial charge on any atom is 0.346 e. The van der Waals surface area contributed by atoms with Crippen molar-refractivity contribution < 1.29 is 18.8 Å². The molecule has 3 aromatic rings. The van der Waals surface area contributed by atoms with Gasteiger partial charge in [-0.3, -0.25) is 5.10 Å². The Morgan fingerprint density at radius 2 is 1.84 bits per heavy atom. The van der Waals surface area contributed by atoms with Crippen LogP contribution in [0.3, 0.4) is 0 Å². The summed E-state index contributed by atoms with van der Waals surface area (Å²) in [5, 5.41) is 3.21. The van der Waals surface area contributed by atoms with Crippen LogP contribution >= 0.6 is 12.0 Å². The first kappa shape index (κ1) is 21.8. The Kier molecular flexibility index (Phi) is 6.29. The van der Waals surface area contributed by atoms with Gasteiger partial charge in [0.05, 0.1) is 6.20 Å². The predicted molar refractivity (Wildman–Crippen MR) is 121 cm³/mol. The van der Waals surface area contributed by atoms with E-state index in [0.29, 0.717) is 29.2 Å². The molecule has 0 bridgehead atoms. The van der Waals surface area contributed by atoms with Crippen LogP contribution in [-0.4, -0.2) is 32.9 Å². The van der Waals surface area contributed by atoms with E-state index in [1.54, 1.807) is 17.0 Å². The van der Waals surface area contributed by atoms with Gasteiger partial charge in [0.1, 0.15) is 6.10 Å². The number of nitrogens with one attached hydrogen (secondary N) is 1. The Morgan fingerprint density at radius 1 is 1.16 bits per heavy atom. The number of rotatable bonds is 6. The molecule has 0 radical (unpaired) electrons. The highest BCUT2D eigenvalue weighted by atomic mass is 32.2. The number of aromatic amines is 1. The number of nitrogens with zero attached hydrogens (tertiary/aromatic N) is 2. The topological polar surface area (TPSA) is 77.9 Å². The molecule has 1 N–H and O–H groups in total. The Bertz CT molecular complexity index is 1050. The maximum atomic E-state index is 13.3. The lowest BCUT2D eigenvalue weighted by Gasteiger charge is -2.37. The van der Waals surface area contributed by atoms with Crippen LogP contribution in [0, 0.1) is 24.7 Å². The Balaban J connectivity index is 1.67. The fourth-order valence-corrected chi connectivity index (χ4v) is 4.83. The molecule has 1 aliphatic carbocycles. The van der Waals surface area contributed by atoms with Gasteiger partial charge in [-0.25, -0.2) is 14.3 Å². The average molecular weight is 444 g/mol. The molecule has 1 fully saturated rings. The highest BCUT2D eigenvalue weighted by Gasteiger charge is 2.36. The number of ether oxygens (including phenoxy) is 1. The van der Waals surface area contributed by atoms with Crippen molar-refractivity contribution in [2.45, 2.75) is 46.6 Å². The molecule has 1 aromatic carbocycles. The summed E-state index contributed by atoms with van der Waals surface area (Å²) in [5.41, 5.74) is 2.81. The molecule has 2 unspecified atom stereocenters. The number of aromatic nitrogens is 3. The predicted octanol–water partition coefficient (Wildman–Crippen LogP) is 5.45. The number of benzene rings is 1. The first-order valence-electron chi connectivity index (χ1n) is 10.6. The molecular formula is C23H29N3O4S. The van der Waals surface area contributed by atoms with Gasteiger partial charge >= 0.3 is 5.97 Å². The lowest BCUT2D eigenvalue weighted by atomic mass is 9.75. The Hall–Kier alpha value is -2.45. The van der Waals surface area contributed by atoms with Crippen LogP contribution < -0.4 is 4.89 Å². The molecule has 4 rings (SSSR count). The number of hydrogen-bond donors (Lipinski definition) is 1. The first-order chi connectivity index (χ1) is 14.9. The first-order valence-corrected chi connectivity index (χ1v) is 11.8. The minimum absolute atomic E-state index is 0.136. The van der Waals surface area contributed by atoms with Gasteiger partial charge in [0.25, 0.3) is 0 Å². The number of carbonyl (C=O) groups is 1. The molecule has 0 amide bonds. The van der Waals surface area contributed by atoms with Gasteiger partial charge in [-0.05, 0) is 37.5 Å². The molecule has 1 saturated carbocycles. The molecule has 7 nitrogen and oxygen atoms in total. The fourth-order valence-electron chi connectivity index (χ4n) is 4.69. The van der Waals surface area contributed by atoms with E-state index >= 15 is 0 Å². The van der Waals surface area contributed by atoms with Crippen LogP contribution in [0.1, 0.15) is 49.5 Å². The second-order valence-electron chi connectivity index (χ2n) is 8.72. The molecule has 2 aromatic heterocycles. The van der Waals surface area contributed by atoms with E-state index in [9.17, 15) is 4.79 Å². The van der Waals surface area contributed by atoms with E-state index in [1.807, 2.05) is 31.2 Å². The molecule has 2 heterocycles. The van der Waals surface area contributed by atoms with E-state index in [0.717, 1.165) is 30.4 Å². The summed E-state index contributed by atoms with van der Waals surface area (Å²) in [6, 6.07) is 8.03. The van der Waals surface area contributed by atoms with Gasteiger partial charge in [0, 0.05) is 23.9 Å². The molecule has 166 valence electrons. The zero-order valence-electron chi connectivity index (χ0n) is 18.5. The van der Waals surface area contributed by atoms with Crippen LogP contribution in [0.15, 0.2) is 30.5 Å². The largest absolute Gasteiger partial charge is 0.458 e. The van der Waals surface area contributed by atoms with E-state index in [4.69, 9.17) is 14.0 Å². The summed E-state index contributed by atoms with van der Waals surface area (Å²) in [4.78, 5) is 23.3. The van der Waals surface area contributed by atoms with Crippen molar-refractivity contribution in [1.82, 2.24) is 14.6 Å². The summed E-state index contributed by atoms with van der Waals surface area (Å²) < 4.78 is 12.7. The van der Waals surface area contributed by atoms with Crippen molar-refractivity contribution in [2.24, 2.45) is 17.8 Å². The number of aryl methyl sites for hydroxylation is 1. The summed E-state index contributed by atoms with van der Waals surface area (Å²) in [6.07, 6.45) is 5.35. The van der Waals surface area contributed by atoms with Gasteiger partial charge in [-0.15, -0.1) is 4.33 Å². The van der Waals surface area contributed by atoms with Gasteiger partial charge in [0.15, 0.2) is 17.0 Å². The molecule has 1 aliphatic rings. The Morgan fingerprint density at radius 3 is 2.48 bits per heavy atom. The molecule has 8 heteroatoms. The van der Waals surface area contributed by atoms with Crippen molar-refractivity contribution in [3.05, 3.63) is 41.6 Å². The molecule has 2 atom stereocenters. The van der Waals surface area contributed by atoms with Crippen LogP contribution in [0.5, 0.6) is 5.75 Å². The normalized spacial score (nSPS) is 23.8. The van der Waals surface area contributed by atoms with E-state index < -0.39 is 5.97 Å². The van der Waals surface area contributed by atoms with Crippen molar-refractivity contribution in [3.63, 3.8) is 0 Å². The average Bonchev–Trinajstić information content (AvgIpc) is 3.27. The zero-order valence-corrected chi connectivity index (χ0v) is 19.4. The van der Waals surface area contributed by atoms with E-state index in [-0.39, 0.29) is 17.4 Å². The molecule has 0 saturated heterocycles. The number of hydrogen-bond acceptors (Lipinski definition) is 6. The van der Waals surface area contributed by atoms with Gasteiger partial charge < -0.3 is 9.62 Å². The minimum atomic E-state index is -0.442. The monoisotopic (exact) mass is 443 g/mol. The maximum absolute atomic E-state index is 13.3. The highest BCUT2D eigenvalue weighted by Crippen LogP contribution is 2.37. The summed E-state index contributed by atoms with van der Waals surface area (Å²) in [5.74, 6) is 1.73. The molecule has 31 heavy (non-hydrogen) atoms. The third kappa shape index (κ3) is 4.45. The summed E-state index contributed by atoms with van der Waals surface area (Å²) >= 11 is 1.05. The quantitative estimate of drug-likeness (QED) is 0.236. The third-order valence-corrected chi connectivity index (χ3v) is 6.23. The second-order valence-corrected chi connectivity index (χ2v) is 9.19. The van der Waals surface area contributed by atoms with Crippen LogP contribution in [0.4, 0.5) is 0 Å². The zero-order chi connectivity index (χ0) is 22.1. The molecule has 0 aliphatic heterocycles. The van der Waals surface area contributed by atoms with Crippen molar-refractivity contribution in [1.29, 1.82) is 0 Å². The van der Waals surface area contributed by atoms with E-state index in [1.165, 1.54) is 5.56 Å². The summed E-state index contributed by atoms with van der Waals surface area (Å²) in [7, 11) is 0. The number of fused-ring (bicyclic) bond motifs is 1. The molecule has 0 spiro atoms. The van der Waals surface area contributed by atoms with Crippen LogP contribution in [-0.2, 0) is 9.07 Å².